The Morgan fingerprint density at radius 2 is 2.05 bits per heavy atom. The molecule has 0 aromatic carbocycles. The normalized spacial score (nSPS) is 17.1. The fourth-order valence-corrected chi connectivity index (χ4v) is 2.86. The Balaban J connectivity index is 0.00000220. The number of aliphatic imine (C=N–C) groups is 1. The van der Waals surface area contributed by atoms with E-state index >= 15 is 0 Å². The number of aryl methyl sites for hydroxylation is 2. The minimum absolute atomic E-state index is 0. The molecule has 0 atom stereocenters. The maximum absolute atomic E-state index is 6.01. The first-order chi connectivity index (χ1) is 9.69. The Morgan fingerprint density at radius 3 is 2.67 bits per heavy atom. The third-order valence-electron chi connectivity index (χ3n) is 3.95. The molecule has 0 unspecified atom stereocenters. The van der Waals surface area contributed by atoms with Crippen molar-refractivity contribution < 1.29 is 0 Å². The van der Waals surface area contributed by atoms with Gasteiger partial charge in [0.25, 0.3) is 0 Å². The van der Waals surface area contributed by atoms with Gasteiger partial charge in [-0.05, 0) is 19.3 Å². The van der Waals surface area contributed by atoms with Crippen molar-refractivity contribution in [3.05, 3.63) is 17.5 Å². The number of hydrogen-bond acceptors (Lipinski definition) is 2. The SMILES string of the molecule is CCc1nn(C)cc1CN=C(N)NC1CCCCCC1.I. The molecule has 1 saturated carbocycles. The van der Waals surface area contributed by atoms with E-state index in [1.165, 1.54) is 44.1 Å². The maximum Gasteiger partial charge on any atom is 0.189 e. The largest absolute Gasteiger partial charge is 0.370 e. The molecule has 5 nitrogen and oxygen atoms in total. The Morgan fingerprint density at radius 1 is 1.38 bits per heavy atom. The van der Waals surface area contributed by atoms with Gasteiger partial charge in [0.2, 0.25) is 0 Å². The summed E-state index contributed by atoms with van der Waals surface area (Å²) in [6.45, 7) is 2.73. The number of nitrogens with two attached hydrogens (primary N) is 1. The van der Waals surface area contributed by atoms with Crippen LogP contribution in [-0.2, 0) is 20.0 Å². The van der Waals surface area contributed by atoms with Crippen molar-refractivity contribution in [1.29, 1.82) is 0 Å². The number of nitrogens with one attached hydrogen (secondary N) is 1. The van der Waals surface area contributed by atoms with Gasteiger partial charge in [-0.15, -0.1) is 24.0 Å². The van der Waals surface area contributed by atoms with Gasteiger partial charge in [0.05, 0.1) is 12.2 Å². The van der Waals surface area contributed by atoms with Gasteiger partial charge in [0.15, 0.2) is 5.96 Å². The molecule has 1 heterocycles. The number of halogens is 1. The molecule has 0 saturated heterocycles. The molecule has 0 bridgehead atoms. The van der Waals surface area contributed by atoms with Crippen LogP contribution in [0.4, 0.5) is 0 Å². The third kappa shape index (κ3) is 5.84. The van der Waals surface area contributed by atoms with Crippen molar-refractivity contribution in [3.8, 4) is 0 Å². The van der Waals surface area contributed by atoms with E-state index in [0.29, 0.717) is 18.5 Å². The lowest BCUT2D eigenvalue weighted by Gasteiger charge is -2.16. The van der Waals surface area contributed by atoms with Crippen molar-refractivity contribution in [3.63, 3.8) is 0 Å². The summed E-state index contributed by atoms with van der Waals surface area (Å²) in [5, 5.41) is 7.80. The molecule has 120 valence electrons. The lowest BCUT2D eigenvalue weighted by Crippen LogP contribution is -2.39. The maximum atomic E-state index is 6.01. The van der Waals surface area contributed by atoms with Crippen LogP contribution in [0.25, 0.3) is 0 Å². The molecule has 3 N–H and O–H groups in total. The van der Waals surface area contributed by atoms with E-state index in [2.05, 4.69) is 22.3 Å². The minimum atomic E-state index is 0. The molecule has 1 aromatic rings. The second kappa shape index (κ2) is 9.27. The summed E-state index contributed by atoms with van der Waals surface area (Å²) >= 11 is 0. The number of rotatable bonds is 4. The van der Waals surface area contributed by atoms with Gasteiger partial charge in [-0.1, -0.05) is 32.6 Å². The summed E-state index contributed by atoms with van der Waals surface area (Å²) in [7, 11) is 1.94. The van der Waals surface area contributed by atoms with Crippen LogP contribution in [0.2, 0.25) is 0 Å². The van der Waals surface area contributed by atoms with E-state index < -0.39 is 0 Å². The molecule has 6 heteroatoms. The van der Waals surface area contributed by atoms with Crippen LogP contribution in [0.5, 0.6) is 0 Å². The van der Waals surface area contributed by atoms with Gasteiger partial charge in [0.1, 0.15) is 0 Å². The monoisotopic (exact) mass is 405 g/mol. The zero-order valence-electron chi connectivity index (χ0n) is 13.1. The molecule has 0 aliphatic heterocycles. The summed E-state index contributed by atoms with van der Waals surface area (Å²) in [5.41, 5.74) is 8.29. The predicted molar refractivity (Wildman–Crippen MR) is 98.0 cm³/mol. The van der Waals surface area contributed by atoms with Gasteiger partial charge in [-0.3, -0.25) is 4.68 Å². The van der Waals surface area contributed by atoms with E-state index in [1.54, 1.807) is 0 Å². The van der Waals surface area contributed by atoms with Crippen molar-refractivity contribution in [2.45, 2.75) is 64.5 Å². The Hall–Kier alpha value is -0.790. The van der Waals surface area contributed by atoms with Crippen LogP contribution in [0, 0.1) is 0 Å². The molecule has 1 aliphatic rings. The average molecular weight is 405 g/mol. The highest BCUT2D eigenvalue weighted by molar-refractivity contribution is 14.0. The summed E-state index contributed by atoms with van der Waals surface area (Å²) in [6.07, 6.45) is 10.7. The van der Waals surface area contributed by atoms with E-state index in [9.17, 15) is 0 Å². The van der Waals surface area contributed by atoms with Crippen LogP contribution in [0.3, 0.4) is 0 Å². The van der Waals surface area contributed by atoms with Crippen molar-refractivity contribution in [2.75, 3.05) is 0 Å². The van der Waals surface area contributed by atoms with Crippen molar-refractivity contribution >= 4 is 29.9 Å². The standard InChI is InChI=1S/C15H27N5.HI/c1-3-14-12(11-20(2)19-14)10-17-15(16)18-13-8-6-4-5-7-9-13;/h11,13H,3-10H2,1-2H3,(H3,16,17,18);1H. The topological polar surface area (TPSA) is 68.2 Å². The first kappa shape index (κ1) is 18.3. The average Bonchev–Trinajstić information content (AvgIpc) is 2.62. The van der Waals surface area contributed by atoms with Crippen LogP contribution < -0.4 is 11.1 Å². The van der Waals surface area contributed by atoms with Crippen molar-refractivity contribution in [2.24, 2.45) is 17.8 Å². The summed E-state index contributed by atoms with van der Waals surface area (Å²) in [5.74, 6) is 0.572. The lowest BCUT2D eigenvalue weighted by molar-refractivity contribution is 0.530. The summed E-state index contributed by atoms with van der Waals surface area (Å²) < 4.78 is 1.85. The highest BCUT2D eigenvalue weighted by Crippen LogP contribution is 2.17. The fourth-order valence-electron chi connectivity index (χ4n) is 2.86. The van der Waals surface area contributed by atoms with E-state index in [-0.39, 0.29) is 24.0 Å². The Kier molecular flexibility index (Phi) is 8.06. The molecule has 2 rings (SSSR count). The summed E-state index contributed by atoms with van der Waals surface area (Å²) in [6, 6.07) is 0.501. The quantitative estimate of drug-likeness (QED) is 0.350. The molecule has 0 spiro atoms. The second-order valence-corrected chi connectivity index (χ2v) is 5.66. The first-order valence-corrected chi connectivity index (χ1v) is 7.77. The van der Waals surface area contributed by atoms with Crippen LogP contribution in [0.15, 0.2) is 11.2 Å². The van der Waals surface area contributed by atoms with Crippen LogP contribution in [-0.4, -0.2) is 21.8 Å². The number of hydrogen-bond donors (Lipinski definition) is 2. The highest BCUT2D eigenvalue weighted by Gasteiger charge is 2.12. The third-order valence-corrected chi connectivity index (χ3v) is 3.95. The van der Waals surface area contributed by atoms with Gasteiger partial charge < -0.3 is 11.1 Å². The first-order valence-electron chi connectivity index (χ1n) is 7.77. The zero-order valence-corrected chi connectivity index (χ0v) is 15.5. The predicted octanol–water partition coefficient (Wildman–Crippen LogP) is 2.73. The smallest absolute Gasteiger partial charge is 0.189 e. The van der Waals surface area contributed by atoms with E-state index in [1.807, 2.05) is 17.9 Å². The zero-order chi connectivity index (χ0) is 14.4. The molecular formula is C15H28IN5. The van der Waals surface area contributed by atoms with Gasteiger partial charge in [0, 0.05) is 24.8 Å². The fraction of sp³-hybridized carbons (Fsp3) is 0.733. The molecule has 0 radical (unpaired) electrons. The van der Waals surface area contributed by atoms with Crippen molar-refractivity contribution in [1.82, 2.24) is 15.1 Å². The lowest BCUT2D eigenvalue weighted by atomic mass is 10.1. The van der Waals surface area contributed by atoms with Crippen LogP contribution >= 0.6 is 24.0 Å². The minimum Gasteiger partial charge on any atom is -0.370 e. The molecule has 1 aliphatic carbocycles. The Bertz CT molecular complexity index is 447. The van der Waals surface area contributed by atoms with Gasteiger partial charge in [-0.25, -0.2) is 4.99 Å². The molecule has 0 amide bonds. The van der Waals surface area contributed by atoms with E-state index in [0.717, 1.165) is 12.1 Å². The second-order valence-electron chi connectivity index (χ2n) is 5.66. The number of guanidine groups is 1. The summed E-state index contributed by atoms with van der Waals surface area (Å²) in [4.78, 5) is 4.47. The number of nitrogens with zero attached hydrogens (tertiary/aromatic N) is 3. The number of aromatic nitrogens is 2. The molecule has 21 heavy (non-hydrogen) atoms. The molecule has 1 fully saturated rings. The van der Waals surface area contributed by atoms with Gasteiger partial charge >= 0.3 is 0 Å². The van der Waals surface area contributed by atoms with E-state index in [4.69, 9.17) is 5.73 Å². The molecular weight excluding hydrogens is 377 g/mol. The van der Waals surface area contributed by atoms with Gasteiger partial charge in [-0.2, -0.15) is 5.10 Å². The molecule has 1 aromatic heterocycles. The highest BCUT2D eigenvalue weighted by atomic mass is 127. The Labute approximate surface area is 144 Å². The van der Waals surface area contributed by atoms with Crippen LogP contribution in [0.1, 0.15) is 56.7 Å².